The first-order chi connectivity index (χ1) is 10.3. The van der Waals surface area contributed by atoms with Gasteiger partial charge in [0.1, 0.15) is 5.69 Å². The molecule has 1 saturated carbocycles. The van der Waals surface area contributed by atoms with Gasteiger partial charge >= 0.3 is 0 Å². The van der Waals surface area contributed by atoms with Gasteiger partial charge in [0.25, 0.3) is 5.91 Å². The summed E-state index contributed by atoms with van der Waals surface area (Å²) in [6, 6.07) is 9.97. The van der Waals surface area contributed by atoms with E-state index >= 15 is 0 Å². The molecule has 2 N–H and O–H groups in total. The lowest BCUT2D eigenvalue weighted by molar-refractivity contribution is 0.0946. The van der Waals surface area contributed by atoms with E-state index in [-0.39, 0.29) is 5.91 Å². The van der Waals surface area contributed by atoms with E-state index in [4.69, 9.17) is 0 Å². The maximum Gasteiger partial charge on any atom is 0.270 e. The van der Waals surface area contributed by atoms with Crippen molar-refractivity contribution >= 4 is 17.5 Å². The third-order valence-corrected chi connectivity index (χ3v) is 3.45. The van der Waals surface area contributed by atoms with Crippen LogP contribution in [0.25, 0.3) is 0 Å². The molecular weight excluding hydrogens is 264 g/mol. The van der Waals surface area contributed by atoms with Gasteiger partial charge in [-0.2, -0.15) is 0 Å². The van der Waals surface area contributed by atoms with Crippen LogP contribution in [0.5, 0.6) is 0 Å². The summed E-state index contributed by atoms with van der Waals surface area (Å²) in [6.45, 7) is 2.10. The second-order valence-corrected chi connectivity index (χ2v) is 5.15. The Morgan fingerprint density at radius 1 is 1.29 bits per heavy atom. The molecule has 1 aromatic carbocycles. The predicted molar refractivity (Wildman–Crippen MR) is 81.6 cm³/mol. The Morgan fingerprint density at radius 3 is 2.86 bits per heavy atom. The van der Waals surface area contributed by atoms with Crippen LogP contribution < -0.4 is 10.6 Å². The summed E-state index contributed by atoms with van der Waals surface area (Å²) in [6.07, 6.45) is 4.65. The van der Waals surface area contributed by atoms with Crippen molar-refractivity contribution in [3.05, 3.63) is 47.8 Å². The highest BCUT2D eigenvalue weighted by molar-refractivity contribution is 5.92. The first kappa shape index (κ1) is 13.5. The van der Waals surface area contributed by atoms with Crippen molar-refractivity contribution in [2.75, 3.05) is 5.32 Å². The number of carbonyl (C=O) groups excluding carboxylic acids is 1. The number of aromatic nitrogens is 2. The lowest BCUT2D eigenvalue weighted by Crippen LogP contribution is -2.26. The van der Waals surface area contributed by atoms with E-state index in [1.165, 1.54) is 5.56 Å². The number of amides is 1. The average Bonchev–Trinajstić information content (AvgIpc) is 3.32. The van der Waals surface area contributed by atoms with Gasteiger partial charge in [0, 0.05) is 17.9 Å². The van der Waals surface area contributed by atoms with Crippen molar-refractivity contribution in [3.63, 3.8) is 0 Å². The van der Waals surface area contributed by atoms with Crippen LogP contribution in [0.15, 0.2) is 36.5 Å². The molecule has 3 rings (SSSR count). The van der Waals surface area contributed by atoms with Gasteiger partial charge in [-0.05, 0) is 37.0 Å². The molecule has 1 aromatic heterocycles. The molecule has 5 heteroatoms. The van der Waals surface area contributed by atoms with Gasteiger partial charge in [-0.1, -0.05) is 25.1 Å². The van der Waals surface area contributed by atoms with E-state index in [1.807, 2.05) is 18.2 Å². The van der Waals surface area contributed by atoms with Crippen molar-refractivity contribution in [2.24, 2.45) is 0 Å². The minimum absolute atomic E-state index is 0.133. The maximum atomic E-state index is 12.0. The lowest BCUT2D eigenvalue weighted by atomic mass is 10.1. The van der Waals surface area contributed by atoms with Crippen molar-refractivity contribution in [1.29, 1.82) is 0 Å². The van der Waals surface area contributed by atoms with Gasteiger partial charge in [0.2, 0.25) is 5.95 Å². The molecule has 0 saturated heterocycles. The standard InChI is InChI=1S/C16H18N4O/c1-2-11-5-3-4-6-13(11)19-16-17-10-9-14(20-16)15(21)18-12-7-8-12/h3-6,9-10,12H,2,7-8H2,1H3,(H,18,21)(H,17,19,20). The van der Waals surface area contributed by atoms with Gasteiger partial charge in [0.05, 0.1) is 0 Å². The molecule has 0 unspecified atom stereocenters. The number of nitrogens with one attached hydrogen (secondary N) is 2. The second kappa shape index (κ2) is 5.91. The monoisotopic (exact) mass is 282 g/mol. The zero-order valence-corrected chi connectivity index (χ0v) is 12.0. The Hall–Kier alpha value is -2.43. The normalized spacial score (nSPS) is 13.8. The molecule has 0 aliphatic heterocycles. The summed E-state index contributed by atoms with van der Waals surface area (Å²) in [4.78, 5) is 20.5. The van der Waals surface area contributed by atoms with Gasteiger partial charge in [-0.3, -0.25) is 4.79 Å². The SMILES string of the molecule is CCc1ccccc1Nc1nccc(C(=O)NC2CC2)n1. The van der Waals surface area contributed by atoms with Crippen molar-refractivity contribution in [1.82, 2.24) is 15.3 Å². The molecule has 0 radical (unpaired) electrons. The molecular formula is C16H18N4O. The Kier molecular flexibility index (Phi) is 3.81. The summed E-state index contributed by atoms with van der Waals surface area (Å²) in [5.41, 5.74) is 2.56. The van der Waals surface area contributed by atoms with Gasteiger partial charge in [0.15, 0.2) is 0 Å². The first-order valence-electron chi connectivity index (χ1n) is 7.25. The number of aryl methyl sites for hydroxylation is 1. The first-order valence-corrected chi connectivity index (χ1v) is 7.25. The maximum absolute atomic E-state index is 12.0. The lowest BCUT2D eigenvalue weighted by Gasteiger charge is -2.10. The second-order valence-electron chi connectivity index (χ2n) is 5.15. The molecule has 0 atom stereocenters. The molecule has 0 bridgehead atoms. The van der Waals surface area contributed by atoms with Crippen LogP contribution in [-0.2, 0) is 6.42 Å². The average molecular weight is 282 g/mol. The van der Waals surface area contributed by atoms with E-state index in [0.29, 0.717) is 17.7 Å². The molecule has 21 heavy (non-hydrogen) atoms. The van der Waals surface area contributed by atoms with Crippen LogP contribution in [0.3, 0.4) is 0 Å². The Morgan fingerprint density at radius 2 is 2.10 bits per heavy atom. The molecule has 1 heterocycles. The Labute approximate surface area is 123 Å². The van der Waals surface area contributed by atoms with Crippen LogP contribution in [0.2, 0.25) is 0 Å². The van der Waals surface area contributed by atoms with E-state index in [2.05, 4.69) is 33.6 Å². The van der Waals surface area contributed by atoms with E-state index in [0.717, 1.165) is 24.9 Å². The summed E-state index contributed by atoms with van der Waals surface area (Å²) in [7, 11) is 0. The fourth-order valence-electron chi connectivity index (χ4n) is 2.10. The smallest absolute Gasteiger partial charge is 0.270 e. The molecule has 0 spiro atoms. The number of hydrogen-bond donors (Lipinski definition) is 2. The number of benzene rings is 1. The molecule has 5 nitrogen and oxygen atoms in total. The molecule has 1 fully saturated rings. The van der Waals surface area contributed by atoms with Crippen LogP contribution in [0, 0.1) is 0 Å². The highest BCUT2D eigenvalue weighted by atomic mass is 16.2. The zero-order chi connectivity index (χ0) is 14.7. The number of rotatable bonds is 5. The third-order valence-electron chi connectivity index (χ3n) is 3.45. The topological polar surface area (TPSA) is 66.9 Å². The number of para-hydroxylation sites is 1. The summed E-state index contributed by atoms with van der Waals surface area (Å²) < 4.78 is 0. The van der Waals surface area contributed by atoms with Crippen LogP contribution >= 0.6 is 0 Å². The highest BCUT2D eigenvalue weighted by Gasteiger charge is 2.24. The Balaban J connectivity index is 1.77. The minimum atomic E-state index is -0.133. The van der Waals surface area contributed by atoms with Crippen LogP contribution in [0.1, 0.15) is 35.8 Å². The third kappa shape index (κ3) is 3.37. The van der Waals surface area contributed by atoms with Crippen molar-refractivity contribution in [2.45, 2.75) is 32.2 Å². The zero-order valence-electron chi connectivity index (χ0n) is 12.0. The number of anilines is 2. The van der Waals surface area contributed by atoms with E-state index in [1.54, 1.807) is 12.3 Å². The summed E-state index contributed by atoms with van der Waals surface area (Å²) in [5, 5.41) is 6.11. The quantitative estimate of drug-likeness (QED) is 0.884. The number of hydrogen-bond acceptors (Lipinski definition) is 4. The Bertz CT molecular complexity index is 652. The summed E-state index contributed by atoms with van der Waals surface area (Å²) >= 11 is 0. The van der Waals surface area contributed by atoms with Crippen molar-refractivity contribution < 1.29 is 4.79 Å². The molecule has 108 valence electrons. The van der Waals surface area contributed by atoms with E-state index in [9.17, 15) is 4.79 Å². The van der Waals surface area contributed by atoms with Gasteiger partial charge in [-0.25, -0.2) is 9.97 Å². The predicted octanol–water partition coefficient (Wildman–Crippen LogP) is 2.67. The molecule has 1 aliphatic rings. The van der Waals surface area contributed by atoms with Crippen LogP contribution in [-0.4, -0.2) is 21.9 Å². The highest BCUT2D eigenvalue weighted by Crippen LogP contribution is 2.20. The number of carbonyl (C=O) groups is 1. The fourth-order valence-corrected chi connectivity index (χ4v) is 2.10. The molecule has 1 aliphatic carbocycles. The van der Waals surface area contributed by atoms with Gasteiger partial charge < -0.3 is 10.6 Å². The summed E-state index contributed by atoms with van der Waals surface area (Å²) in [5.74, 6) is 0.311. The van der Waals surface area contributed by atoms with Crippen molar-refractivity contribution in [3.8, 4) is 0 Å². The molecule has 2 aromatic rings. The fraction of sp³-hybridized carbons (Fsp3) is 0.312. The largest absolute Gasteiger partial charge is 0.348 e. The van der Waals surface area contributed by atoms with E-state index < -0.39 is 0 Å². The van der Waals surface area contributed by atoms with Crippen LogP contribution in [0.4, 0.5) is 11.6 Å². The minimum Gasteiger partial charge on any atom is -0.348 e. The number of nitrogens with zero attached hydrogens (tertiary/aromatic N) is 2. The molecule has 1 amide bonds. The van der Waals surface area contributed by atoms with Gasteiger partial charge in [-0.15, -0.1) is 0 Å².